The predicted octanol–water partition coefficient (Wildman–Crippen LogP) is 2.32. The van der Waals surface area contributed by atoms with Gasteiger partial charge in [-0.05, 0) is 55.0 Å². The third kappa shape index (κ3) is 4.32. The molecule has 2 aromatic heterocycles. The van der Waals surface area contributed by atoms with Crippen molar-refractivity contribution in [3.05, 3.63) is 63.1 Å². The fourth-order valence-corrected chi connectivity index (χ4v) is 4.49. The summed E-state index contributed by atoms with van der Waals surface area (Å²) in [5.74, 6) is -0.506. The SMILES string of the molecule is CNC(=O)c1ccc(N2CCN(Cc3cc(C4CC4)c4nc(C)c(=O)[nH]c4c3)CC2)c(F)n1. The van der Waals surface area contributed by atoms with Crippen molar-refractivity contribution in [1.82, 2.24) is 25.2 Å². The van der Waals surface area contributed by atoms with Crippen LogP contribution in [0.4, 0.5) is 10.1 Å². The predicted molar refractivity (Wildman–Crippen MR) is 124 cm³/mol. The number of nitrogens with one attached hydrogen (secondary N) is 2. The molecule has 0 atom stereocenters. The lowest BCUT2D eigenvalue weighted by molar-refractivity contribution is 0.0957. The van der Waals surface area contributed by atoms with Crippen LogP contribution in [0.3, 0.4) is 0 Å². The standard InChI is InChI=1S/C24H27FN6O2/c1-14-23(32)29-19-12-15(11-17(16-3-4-16)21(19)27-14)13-30-7-9-31(10-8-30)20-6-5-18(24(33)26-2)28-22(20)25/h5-6,11-12,16H,3-4,7-10,13H2,1-2H3,(H,26,33)(H,29,32). The highest BCUT2D eigenvalue weighted by Crippen LogP contribution is 2.43. The molecule has 1 saturated carbocycles. The molecule has 0 radical (unpaired) electrons. The van der Waals surface area contributed by atoms with Gasteiger partial charge in [0.2, 0.25) is 5.95 Å². The summed E-state index contributed by atoms with van der Waals surface area (Å²) in [5.41, 5.74) is 4.93. The Labute approximate surface area is 190 Å². The molecule has 2 aliphatic rings. The van der Waals surface area contributed by atoms with E-state index in [0.29, 0.717) is 30.4 Å². The quantitative estimate of drug-likeness (QED) is 0.580. The van der Waals surface area contributed by atoms with Crippen molar-refractivity contribution in [3.63, 3.8) is 0 Å². The molecule has 1 aromatic carbocycles. The number of rotatable bonds is 5. The number of pyridine rings is 1. The Morgan fingerprint density at radius 3 is 2.61 bits per heavy atom. The van der Waals surface area contributed by atoms with Gasteiger partial charge in [0.25, 0.3) is 11.5 Å². The number of carbonyl (C=O) groups is 1. The number of piperazine rings is 1. The highest BCUT2D eigenvalue weighted by molar-refractivity contribution is 5.92. The number of halogens is 1. The van der Waals surface area contributed by atoms with Gasteiger partial charge in [0.15, 0.2) is 0 Å². The van der Waals surface area contributed by atoms with Crippen LogP contribution in [-0.2, 0) is 6.54 Å². The molecular weight excluding hydrogens is 423 g/mol. The third-order valence-electron chi connectivity index (χ3n) is 6.48. The molecule has 9 heteroatoms. The number of H-pyrrole nitrogens is 1. The van der Waals surface area contributed by atoms with Gasteiger partial charge in [-0.2, -0.15) is 4.39 Å². The topological polar surface area (TPSA) is 94.2 Å². The summed E-state index contributed by atoms with van der Waals surface area (Å²) >= 11 is 0. The minimum Gasteiger partial charge on any atom is -0.365 e. The van der Waals surface area contributed by atoms with Crippen molar-refractivity contribution in [2.24, 2.45) is 0 Å². The van der Waals surface area contributed by atoms with Crippen LogP contribution < -0.4 is 15.8 Å². The number of aromatic amines is 1. The summed E-state index contributed by atoms with van der Waals surface area (Å²) in [6.45, 7) is 5.38. The normalized spacial score (nSPS) is 16.9. The number of aryl methyl sites for hydroxylation is 1. The Bertz CT molecular complexity index is 1280. The Morgan fingerprint density at radius 2 is 1.94 bits per heavy atom. The van der Waals surface area contributed by atoms with E-state index in [1.54, 1.807) is 19.1 Å². The fourth-order valence-electron chi connectivity index (χ4n) is 4.49. The third-order valence-corrected chi connectivity index (χ3v) is 6.48. The van der Waals surface area contributed by atoms with Crippen LogP contribution in [0.2, 0.25) is 0 Å². The molecule has 2 fully saturated rings. The lowest BCUT2D eigenvalue weighted by Gasteiger charge is -2.36. The summed E-state index contributed by atoms with van der Waals surface area (Å²) < 4.78 is 14.5. The van der Waals surface area contributed by atoms with E-state index in [0.717, 1.165) is 49.1 Å². The summed E-state index contributed by atoms with van der Waals surface area (Å²) in [7, 11) is 1.49. The maximum absolute atomic E-state index is 14.5. The number of hydrogen-bond acceptors (Lipinski definition) is 6. The first-order valence-electron chi connectivity index (χ1n) is 11.3. The summed E-state index contributed by atoms with van der Waals surface area (Å²) in [6, 6.07) is 7.44. The van der Waals surface area contributed by atoms with Gasteiger partial charge >= 0.3 is 0 Å². The van der Waals surface area contributed by atoms with E-state index in [9.17, 15) is 14.0 Å². The second kappa shape index (κ2) is 8.55. The number of benzene rings is 1. The highest BCUT2D eigenvalue weighted by atomic mass is 19.1. The zero-order valence-electron chi connectivity index (χ0n) is 18.8. The molecule has 1 amide bonds. The van der Waals surface area contributed by atoms with E-state index >= 15 is 0 Å². The van der Waals surface area contributed by atoms with Crippen LogP contribution >= 0.6 is 0 Å². The van der Waals surface area contributed by atoms with E-state index < -0.39 is 11.9 Å². The molecular formula is C24H27FN6O2. The van der Waals surface area contributed by atoms with Gasteiger partial charge in [0.05, 0.1) is 16.7 Å². The molecule has 33 heavy (non-hydrogen) atoms. The lowest BCUT2D eigenvalue weighted by atomic mass is 10.0. The first kappa shape index (κ1) is 21.5. The first-order valence-corrected chi connectivity index (χ1v) is 11.3. The molecule has 0 unspecified atom stereocenters. The number of fused-ring (bicyclic) bond motifs is 1. The molecule has 2 N–H and O–H groups in total. The van der Waals surface area contributed by atoms with Gasteiger partial charge in [-0.1, -0.05) is 6.07 Å². The molecule has 1 saturated heterocycles. The summed E-state index contributed by atoms with van der Waals surface area (Å²) in [6.07, 6.45) is 2.32. The Kier molecular flexibility index (Phi) is 5.57. The molecule has 0 bridgehead atoms. The monoisotopic (exact) mass is 450 g/mol. The molecule has 3 aromatic rings. The van der Waals surface area contributed by atoms with Crippen molar-refractivity contribution in [2.45, 2.75) is 32.2 Å². The zero-order valence-corrected chi connectivity index (χ0v) is 18.8. The van der Waals surface area contributed by atoms with Crippen molar-refractivity contribution >= 4 is 22.6 Å². The number of nitrogens with zero attached hydrogens (tertiary/aromatic N) is 4. The average Bonchev–Trinajstić information content (AvgIpc) is 3.65. The van der Waals surface area contributed by atoms with Crippen molar-refractivity contribution in [2.75, 3.05) is 38.1 Å². The van der Waals surface area contributed by atoms with Crippen molar-refractivity contribution < 1.29 is 9.18 Å². The number of anilines is 1. The number of carbonyl (C=O) groups excluding carboxylic acids is 1. The van der Waals surface area contributed by atoms with Crippen LogP contribution in [0.15, 0.2) is 29.1 Å². The number of amides is 1. The number of hydrogen-bond donors (Lipinski definition) is 2. The van der Waals surface area contributed by atoms with E-state index in [-0.39, 0.29) is 11.3 Å². The maximum Gasteiger partial charge on any atom is 0.269 e. The Morgan fingerprint density at radius 1 is 1.18 bits per heavy atom. The molecule has 1 aliphatic heterocycles. The second-order valence-electron chi connectivity index (χ2n) is 8.86. The molecule has 0 spiro atoms. The maximum atomic E-state index is 14.5. The van der Waals surface area contributed by atoms with Crippen molar-refractivity contribution in [3.8, 4) is 0 Å². The van der Waals surface area contributed by atoms with Gasteiger partial charge in [-0.3, -0.25) is 14.5 Å². The molecule has 8 nitrogen and oxygen atoms in total. The minimum absolute atomic E-state index is 0.0721. The van der Waals surface area contributed by atoms with Crippen LogP contribution in [0.5, 0.6) is 0 Å². The van der Waals surface area contributed by atoms with Crippen LogP contribution in [0.25, 0.3) is 11.0 Å². The van der Waals surface area contributed by atoms with Crippen LogP contribution in [-0.4, -0.2) is 59.0 Å². The van der Waals surface area contributed by atoms with E-state index in [4.69, 9.17) is 0 Å². The van der Waals surface area contributed by atoms with Crippen LogP contribution in [0.1, 0.15) is 46.1 Å². The van der Waals surface area contributed by atoms with E-state index in [2.05, 4.69) is 31.2 Å². The lowest BCUT2D eigenvalue weighted by Crippen LogP contribution is -2.46. The van der Waals surface area contributed by atoms with Gasteiger partial charge in [-0.25, -0.2) is 9.97 Å². The summed E-state index contributed by atoms with van der Waals surface area (Å²) in [5, 5.41) is 2.46. The Hall–Kier alpha value is -3.33. The second-order valence-corrected chi connectivity index (χ2v) is 8.86. The highest BCUT2D eigenvalue weighted by Gasteiger charge is 2.28. The molecule has 3 heterocycles. The first-order chi connectivity index (χ1) is 15.9. The largest absolute Gasteiger partial charge is 0.365 e. The zero-order chi connectivity index (χ0) is 23.1. The van der Waals surface area contributed by atoms with Gasteiger partial charge < -0.3 is 15.2 Å². The van der Waals surface area contributed by atoms with E-state index in [1.165, 1.54) is 12.6 Å². The van der Waals surface area contributed by atoms with Crippen molar-refractivity contribution in [1.29, 1.82) is 0 Å². The fraction of sp³-hybridized carbons (Fsp3) is 0.417. The van der Waals surface area contributed by atoms with E-state index in [1.807, 2.05) is 11.0 Å². The minimum atomic E-state index is -0.625. The molecule has 172 valence electrons. The smallest absolute Gasteiger partial charge is 0.269 e. The van der Waals surface area contributed by atoms with Gasteiger partial charge in [-0.15, -0.1) is 0 Å². The number of aromatic nitrogens is 3. The molecule has 1 aliphatic carbocycles. The average molecular weight is 451 g/mol. The van der Waals surface area contributed by atoms with Crippen LogP contribution in [0, 0.1) is 12.9 Å². The van der Waals surface area contributed by atoms with Gasteiger partial charge in [0.1, 0.15) is 11.4 Å². The molecule has 5 rings (SSSR count). The summed E-state index contributed by atoms with van der Waals surface area (Å²) in [4.78, 5) is 39.4. The van der Waals surface area contributed by atoms with Gasteiger partial charge in [0, 0.05) is 39.8 Å². The Balaban J connectivity index is 1.30.